The number of carbonyl (C=O) groups excluding carboxylic acids is 2. The Labute approximate surface area is 152 Å². The van der Waals surface area contributed by atoms with Crippen molar-refractivity contribution in [2.24, 2.45) is 5.73 Å². The monoisotopic (exact) mass is 347 g/mol. The van der Waals surface area contributed by atoms with Gasteiger partial charge in [-0.25, -0.2) is 4.98 Å². The van der Waals surface area contributed by atoms with E-state index in [1.54, 1.807) is 6.07 Å². The number of pyridine rings is 1. The number of nitrogens with two attached hydrogens (primary N) is 1. The van der Waals surface area contributed by atoms with Crippen LogP contribution in [0.3, 0.4) is 0 Å². The Hall–Kier alpha value is -3.21. The summed E-state index contributed by atoms with van der Waals surface area (Å²) in [4.78, 5) is 28.8. The molecule has 0 unspecified atom stereocenters. The number of nitrogens with zero attached hydrogens (tertiary/aromatic N) is 1. The number of hydrogen-bond donors (Lipinski definition) is 2. The summed E-state index contributed by atoms with van der Waals surface area (Å²) in [6.07, 6.45) is 0.354. The van der Waals surface area contributed by atoms with E-state index in [2.05, 4.69) is 10.3 Å². The number of nitrogens with one attached hydrogen (secondary N) is 1. The highest BCUT2D eigenvalue weighted by Crippen LogP contribution is 2.16. The first kappa shape index (κ1) is 17.6. The lowest BCUT2D eigenvalue weighted by Gasteiger charge is -2.18. The van der Waals surface area contributed by atoms with Crippen LogP contribution in [-0.2, 0) is 11.2 Å². The standard InChI is InChI=1S/C21H21N3O2/c1-13-6-5-7-14(2)16(13)12-19(20(22)25)24-21(26)18-11-10-15-8-3-4-9-17(15)23-18/h3-11,19H,12H2,1-2H3,(H2,22,25)(H,24,26)/t19-/m0/s1. The van der Waals surface area contributed by atoms with Crippen molar-refractivity contribution in [1.29, 1.82) is 0 Å². The molecule has 0 fully saturated rings. The van der Waals surface area contributed by atoms with Crippen molar-refractivity contribution in [3.63, 3.8) is 0 Å². The van der Waals surface area contributed by atoms with E-state index in [4.69, 9.17) is 5.73 Å². The maximum absolute atomic E-state index is 12.6. The first-order valence-corrected chi connectivity index (χ1v) is 8.47. The lowest BCUT2D eigenvalue weighted by molar-refractivity contribution is -0.119. The molecular weight excluding hydrogens is 326 g/mol. The quantitative estimate of drug-likeness (QED) is 0.744. The number of amides is 2. The molecule has 1 atom stereocenters. The van der Waals surface area contributed by atoms with Gasteiger partial charge in [-0.15, -0.1) is 0 Å². The molecule has 0 spiro atoms. The number of fused-ring (bicyclic) bond motifs is 1. The van der Waals surface area contributed by atoms with Crippen LogP contribution in [-0.4, -0.2) is 22.8 Å². The van der Waals surface area contributed by atoms with Gasteiger partial charge in [-0.3, -0.25) is 9.59 Å². The molecule has 1 heterocycles. The number of primary amides is 1. The van der Waals surface area contributed by atoms with Gasteiger partial charge in [0, 0.05) is 11.8 Å². The van der Waals surface area contributed by atoms with Crippen LogP contribution >= 0.6 is 0 Å². The van der Waals surface area contributed by atoms with E-state index in [-0.39, 0.29) is 5.69 Å². The summed E-state index contributed by atoms with van der Waals surface area (Å²) in [5, 5.41) is 3.67. The number of para-hydroxylation sites is 1. The van der Waals surface area contributed by atoms with Crippen LogP contribution in [0.25, 0.3) is 10.9 Å². The molecule has 0 aliphatic heterocycles. The second-order valence-electron chi connectivity index (χ2n) is 6.39. The Morgan fingerprint density at radius 3 is 2.38 bits per heavy atom. The van der Waals surface area contributed by atoms with Crippen LogP contribution in [0.15, 0.2) is 54.6 Å². The molecule has 3 N–H and O–H groups in total. The highest BCUT2D eigenvalue weighted by atomic mass is 16.2. The van der Waals surface area contributed by atoms with Crippen LogP contribution in [0.2, 0.25) is 0 Å². The third-order valence-corrected chi connectivity index (χ3v) is 4.53. The average Bonchev–Trinajstić information content (AvgIpc) is 2.63. The highest BCUT2D eigenvalue weighted by molar-refractivity contribution is 5.97. The maximum Gasteiger partial charge on any atom is 0.270 e. The molecule has 2 aromatic carbocycles. The van der Waals surface area contributed by atoms with Gasteiger partial charge in [0.25, 0.3) is 5.91 Å². The van der Waals surface area contributed by atoms with E-state index >= 15 is 0 Å². The van der Waals surface area contributed by atoms with E-state index < -0.39 is 17.9 Å². The maximum atomic E-state index is 12.6. The van der Waals surface area contributed by atoms with Gasteiger partial charge in [0.15, 0.2) is 0 Å². The molecule has 26 heavy (non-hydrogen) atoms. The van der Waals surface area contributed by atoms with Crippen molar-refractivity contribution >= 4 is 22.7 Å². The number of aryl methyl sites for hydroxylation is 2. The lowest BCUT2D eigenvalue weighted by atomic mass is 9.96. The van der Waals surface area contributed by atoms with Gasteiger partial charge in [0.1, 0.15) is 11.7 Å². The normalized spacial score (nSPS) is 11.9. The highest BCUT2D eigenvalue weighted by Gasteiger charge is 2.21. The van der Waals surface area contributed by atoms with Crippen molar-refractivity contribution in [3.05, 3.63) is 77.0 Å². The molecule has 0 radical (unpaired) electrons. The second kappa shape index (κ2) is 7.35. The molecule has 0 aliphatic carbocycles. The van der Waals surface area contributed by atoms with Crippen molar-refractivity contribution in [3.8, 4) is 0 Å². The van der Waals surface area contributed by atoms with Crippen molar-refractivity contribution in [1.82, 2.24) is 10.3 Å². The average molecular weight is 347 g/mol. The summed E-state index contributed by atoms with van der Waals surface area (Å²) < 4.78 is 0. The Balaban J connectivity index is 1.83. The summed E-state index contributed by atoms with van der Waals surface area (Å²) in [7, 11) is 0. The number of rotatable bonds is 5. The minimum absolute atomic E-state index is 0.261. The topological polar surface area (TPSA) is 85.1 Å². The fourth-order valence-electron chi connectivity index (χ4n) is 3.02. The summed E-state index contributed by atoms with van der Waals surface area (Å²) >= 11 is 0. The predicted octanol–water partition coefficient (Wildman–Crippen LogP) is 2.68. The Kier molecular flexibility index (Phi) is 4.98. The molecule has 0 saturated carbocycles. The van der Waals surface area contributed by atoms with Gasteiger partial charge >= 0.3 is 0 Å². The molecule has 0 bridgehead atoms. The zero-order chi connectivity index (χ0) is 18.7. The predicted molar refractivity (Wildman–Crippen MR) is 102 cm³/mol. The molecule has 5 heteroatoms. The number of benzene rings is 2. The molecule has 132 valence electrons. The van der Waals surface area contributed by atoms with Crippen LogP contribution in [0.4, 0.5) is 0 Å². The van der Waals surface area contributed by atoms with Gasteiger partial charge in [-0.1, -0.05) is 42.5 Å². The fourth-order valence-corrected chi connectivity index (χ4v) is 3.02. The van der Waals surface area contributed by atoms with Gasteiger partial charge < -0.3 is 11.1 Å². The fraction of sp³-hybridized carbons (Fsp3) is 0.190. The Morgan fingerprint density at radius 1 is 1.00 bits per heavy atom. The summed E-state index contributed by atoms with van der Waals surface area (Å²) in [5.41, 5.74) is 9.66. The van der Waals surface area contributed by atoms with Crippen LogP contribution in [0.1, 0.15) is 27.2 Å². The van der Waals surface area contributed by atoms with Gasteiger partial charge in [-0.05, 0) is 42.7 Å². The van der Waals surface area contributed by atoms with E-state index in [1.165, 1.54) is 0 Å². The van der Waals surface area contributed by atoms with Crippen molar-refractivity contribution in [2.45, 2.75) is 26.3 Å². The third-order valence-electron chi connectivity index (χ3n) is 4.53. The smallest absolute Gasteiger partial charge is 0.270 e. The minimum Gasteiger partial charge on any atom is -0.368 e. The molecule has 3 rings (SSSR count). The third kappa shape index (κ3) is 3.72. The van der Waals surface area contributed by atoms with Crippen molar-refractivity contribution < 1.29 is 9.59 Å². The zero-order valence-electron chi connectivity index (χ0n) is 14.8. The minimum atomic E-state index is -0.796. The molecule has 0 aliphatic rings. The molecule has 3 aromatic rings. The number of carbonyl (C=O) groups is 2. The Morgan fingerprint density at radius 2 is 1.69 bits per heavy atom. The first-order valence-electron chi connectivity index (χ1n) is 8.47. The Bertz CT molecular complexity index is 962. The molecule has 5 nitrogen and oxygen atoms in total. The zero-order valence-corrected chi connectivity index (χ0v) is 14.8. The molecular formula is C21H21N3O2. The van der Waals surface area contributed by atoms with Crippen LogP contribution in [0, 0.1) is 13.8 Å². The SMILES string of the molecule is Cc1cccc(C)c1C[C@H](NC(=O)c1ccc2ccccc2n1)C(N)=O. The summed E-state index contributed by atoms with van der Waals surface area (Å²) in [6, 6.07) is 16.2. The van der Waals surface area contributed by atoms with E-state index in [1.807, 2.05) is 62.4 Å². The van der Waals surface area contributed by atoms with Crippen LogP contribution < -0.4 is 11.1 Å². The van der Waals surface area contributed by atoms with Gasteiger partial charge in [0.05, 0.1) is 5.52 Å². The van der Waals surface area contributed by atoms with E-state index in [0.717, 1.165) is 27.6 Å². The summed E-state index contributed by atoms with van der Waals surface area (Å²) in [6.45, 7) is 3.96. The molecule has 2 amide bonds. The van der Waals surface area contributed by atoms with E-state index in [0.29, 0.717) is 6.42 Å². The van der Waals surface area contributed by atoms with Crippen molar-refractivity contribution in [2.75, 3.05) is 0 Å². The summed E-state index contributed by atoms with van der Waals surface area (Å²) in [5.74, 6) is -0.979. The first-order chi connectivity index (χ1) is 12.5. The lowest BCUT2D eigenvalue weighted by Crippen LogP contribution is -2.46. The van der Waals surface area contributed by atoms with Gasteiger partial charge in [0.2, 0.25) is 5.91 Å². The van der Waals surface area contributed by atoms with Gasteiger partial charge in [-0.2, -0.15) is 0 Å². The van der Waals surface area contributed by atoms with E-state index in [9.17, 15) is 9.59 Å². The largest absolute Gasteiger partial charge is 0.368 e. The number of aromatic nitrogens is 1. The molecule has 0 saturated heterocycles. The molecule has 1 aromatic heterocycles. The van der Waals surface area contributed by atoms with Crippen LogP contribution in [0.5, 0.6) is 0 Å². The number of hydrogen-bond acceptors (Lipinski definition) is 3. The second-order valence-corrected chi connectivity index (χ2v) is 6.39.